The van der Waals surface area contributed by atoms with E-state index in [2.05, 4.69) is 25.5 Å². The third-order valence-corrected chi connectivity index (χ3v) is 5.53. The van der Waals surface area contributed by atoms with Crippen LogP contribution in [-0.4, -0.2) is 25.2 Å². The van der Waals surface area contributed by atoms with E-state index in [1.165, 1.54) is 13.5 Å². The maximum atomic E-state index is 11.7. The van der Waals surface area contributed by atoms with E-state index in [4.69, 9.17) is 4.74 Å². The minimum absolute atomic E-state index is 0.0453. The van der Waals surface area contributed by atoms with Gasteiger partial charge in [-0.15, -0.1) is 0 Å². The van der Waals surface area contributed by atoms with E-state index >= 15 is 0 Å². The fourth-order valence-electron chi connectivity index (χ4n) is 3.69. The molecule has 4 nitrogen and oxygen atoms in total. The minimum Gasteiger partial charge on any atom is -0.466 e. The highest BCUT2D eigenvalue weighted by molar-refractivity contribution is 5.91. The van der Waals surface area contributed by atoms with Gasteiger partial charge >= 0.3 is 11.9 Å². The molecule has 2 rings (SSSR count). The maximum absolute atomic E-state index is 11.7. The predicted molar refractivity (Wildman–Crippen MR) is 70.3 cm³/mol. The molecule has 0 aliphatic heterocycles. The van der Waals surface area contributed by atoms with Gasteiger partial charge in [0.2, 0.25) is 0 Å². The van der Waals surface area contributed by atoms with Crippen LogP contribution in [0, 0.1) is 16.7 Å². The molecule has 0 aromatic rings. The molecule has 0 unspecified atom stereocenters. The summed E-state index contributed by atoms with van der Waals surface area (Å²) in [6.45, 7) is 6.74. The Morgan fingerprint density at radius 2 is 1.79 bits per heavy atom. The van der Waals surface area contributed by atoms with Gasteiger partial charge in [0, 0.05) is 17.6 Å². The van der Waals surface area contributed by atoms with Gasteiger partial charge in [-0.05, 0) is 30.6 Å². The van der Waals surface area contributed by atoms with Crippen molar-refractivity contribution in [3.05, 3.63) is 12.2 Å². The SMILES string of the molecule is COC(=O)/C=C/C(=O)O[C@H]1C[C@H]2CC[C@]1(C)C2(C)C. The van der Waals surface area contributed by atoms with Crippen molar-refractivity contribution >= 4 is 11.9 Å². The first kappa shape index (κ1) is 14.1. The molecule has 0 aromatic carbocycles. The molecule has 0 amide bonds. The van der Waals surface area contributed by atoms with Crippen LogP contribution >= 0.6 is 0 Å². The summed E-state index contributed by atoms with van der Waals surface area (Å²) in [4.78, 5) is 22.7. The fourth-order valence-corrected chi connectivity index (χ4v) is 3.69. The molecule has 3 atom stereocenters. The first-order valence-corrected chi connectivity index (χ1v) is 6.78. The molecule has 2 saturated carbocycles. The molecule has 2 bridgehead atoms. The number of fused-ring (bicyclic) bond motifs is 2. The molecule has 2 aliphatic rings. The highest BCUT2D eigenvalue weighted by Crippen LogP contribution is 2.66. The van der Waals surface area contributed by atoms with E-state index in [9.17, 15) is 9.59 Å². The first-order valence-electron chi connectivity index (χ1n) is 6.78. The van der Waals surface area contributed by atoms with Gasteiger partial charge in [0.1, 0.15) is 6.10 Å². The number of hydrogen-bond acceptors (Lipinski definition) is 4. The molecule has 0 saturated heterocycles. The second-order valence-corrected chi connectivity index (χ2v) is 6.39. The molecule has 4 heteroatoms. The maximum Gasteiger partial charge on any atom is 0.331 e. The van der Waals surface area contributed by atoms with Crippen molar-refractivity contribution < 1.29 is 19.1 Å². The minimum atomic E-state index is -0.545. The van der Waals surface area contributed by atoms with E-state index in [-0.39, 0.29) is 16.9 Å². The zero-order chi connectivity index (χ0) is 14.3. The lowest BCUT2D eigenvalue weighted by Crippen LogP contribution is -2.38. The molecule has 106 valence electrons. The number of carbonyl (C=O) groups is 2. The Kier molecular flexibility index (Phi) is 3.45. The Bertz CT molecular complexity index is 424. The topological polar surface area (TPSA) is 52.6 Å². The van der Waals surface area contributed by atoms with Gasteiger partial charge in [-0.25, -0.2) is 9.59 Å². The Balaban J connectivity index is 2.00. The average molecular weight is 266 g/mol. The first-order chi connectivity index (χ1) is 8.81. The Hall–Kier alpha value is -1.32. The third kappa shape index (κ3) is 2.17. The van der Waals surface area contributed by atoms with Crippen molar-refractivity contribution in [2.24, 2.45) is 16.7 Å². The van der Waals surface area contributed by atoms with Crippen LogP contribution in [0.15, 0.2) is 12.2 Å². The largest absolute Gasteiger partial charge is 0.466 e. The molecule has 0 radical (unpaired) electrons. The zero-order valence-corrected chi connectivity index (χ0v) is 12.1. The van der Waals surface area contributed by atoms with Gasteiger partial charge in [-0.2, -0.15) is 0 Å². The monoisotopic (exact) mass is 266 g/mol. The number of carbonyl (C=O) groups excluding carboxylic acids is 2. The van der Waals surface area contributed by atoms with Crippen LogP contribution in [-0.2, 0) is 19.1 Å². The lowest BCUT2D eigenvalue weighted by atomic mass is 9.70. The standard InChI is InChI=1S/C15H22O4/c1-14(2)10-7-8-15(14,3)11(9-10)19-13(17)6-5-12(16)18-4/h5-6,10-11H,7-9H2,1-4H3/b6-5+/t10-,11+,15+/m1/s1. The van der Waals surface area contributed by atoms with E-state index < -0.39 is 11.9 Å². The smallest absolute Gasteiger partial charge is 0.331 e. The summed E-state index contributed by atoms with van der Waals surface area (Å²) in [6, 6.07) is 0. The van der Waals surface area contributed by atoms with Crippen molar-refractivity contribution in [2.75, 3.05) is 7.11 Å². The van der Waals surface area contributed by atoms with Crippen molar-refractivity contribution in [1.29, 1.82) is 0 Å². The molecule has 19 heavy (non-hydrogen) atoms. The van der Waals surface area contributed by atoms with Crippen molar-refractivity contribution in [2.45, 2.75) is 46.1 Å². The van der Waals surface area contributed by atoms with E-state index in [0.29, 0.717) is 5.92 Å². The highest BCUT2D eigenvalue weighted by Gasteiger charge is 2.62. The van der Waals surface area contributed by atoms with Crippen LogP contribution in [0.3, 0.4) is 0 Å². The van der Waals surface area contributed by atoms with Gasteiger partial charge in [0.25, 0.3) is 0 Å². The van der Waals surface area contributed by atoms with Crippen LogP contribution < -0.4 is 0 Å². The molecule has 2 fully saturated rings. The summed E-state index contributed by atoms with van der Waals surface area (Å²) < 4.78 is 9.98. The second-order valence-electron chi connectivity index (χ2n) is 6.39. The third-order valence-electron chi connectivity index (χ3n) is 5.53. The predicted octanol–water partition coefficient (Wildman–Crippen LogP) is 2.47. The molecule has 0 heterocycles. The summed E-state index contributed by atoms with van der Waals surface area (Å²) in [5.74, 6) is -0.378. The summed E-state index contributed by atoms with van der Waals surface area (Å²) in [7, 11) is 1.28. The van der Waals surface area contributed by atoms with Gasteiger partial charge in [-0.3, -0.25) is 0 Å². The number of methoxy groups -OCH3 is 1. The number of esters is 2. The van der Waals surface area contributed by atoms with Crippen LogP contribution in [0.1, 0.15) is 40.0 Å². The number of hydrogen-bond donors (Lipinski definition) is 0. The van der Waals surface area contributed by atoms with Crippen LogP contribution in [0.2, 0.25) is 0 Å². The van der Waals surface area contributed by atoms with Crippen molar-refractivity contribution in [3.8, 4) is 0 Å². The van der Waals surface area contributed by atoms with Gasteiger partial charge in [-0.1, -0.05) is 20.8 Å². The summed E-state index contributed by atoms with van der Waals surface area (Å²) in [5.41, 5.74) is 0.260. The van der Waals surface area contributed by atoms with Crippen LogP contribution in [0.4, 0.5) is 0 Å². The van der Waals surface area contributed by atoms with Crippen LogP contribution in [0.5, 0.6) is 0 Å². The van der Waals surface area contributed by atoms with E-state index in [1.54, 1.807) is 0 Å². The second kappa shape index (κ2) is 4.66. The fraction of sp³-hybridized carbons (Fsp3) is 0.733. The van der Waals surface area contributed by atoms with Gasteiger partial charge < -0.3 is 9.47 Å². The molecular weight excluding hydrogens is 244 g/mol. The summed E-state index contributed by atoms with van der Waals surface area (Å²) >= 11 is 0. The Labute approximate surface area is 114 Å². The summed E-state index contributed by atoms with van der Waals surface area (Å²) in [6.07, 6.45) is 5.45. The Morgan fingerprint density at radius 1 is 1.16 bits per heavy atom. The Morgan fingerprint density at radius 3 is 2.26 bits per heavy atom. The van der Waals surface area contributed by atoms with Gasteiger partial charge in [0.15, 0.2) is 0 Å². The molecule has 0 spiro atoms. The number of ether oxygens (including phenoxy) is 2. The quantitative estimate of drug-likeness (QED) is 0.581. The van der Waals surface area contributed by atoms with Gasteiger partial charge in [0.05, 0.1) is 7.11 Å². The van der Waals surface area contributed by atoms with E-state index in [0.717, 1.165) is 25.0 Å². The number of rotatable bonds is 3. The van der Waals surface area contributed by atoms with Crippen molar-refractivity contribution in [1.82, 2.24) is 0 Å². The highest BCUT2D eigenvalue weighted by atomic mass is 16.5. The molecule has 0 N–H and O–H groups in total. The zero-order valence-electron chi connectivity index (χ0n) is 12.1. The summed E-state index contributed by atoms with van der Waals surface area (Å²) in [5, 5.41) is 0. The molecule has 2 aliphatic carbocycles. The molecular formula is C15H22O4. The van der Waals surface area contributed by atoms with Crippen LogP contribution in [0.25, 0.3) is 0 Å². The molecule has 0 aromatic heterocycles. The average Bonchev–Trinajstić information content (AvgIpc) is 2.69. The lowest BCUT2D eigenvalue weighted by Gasteiger charge is -2.38. The van der Waals surface area contributed by atoms with E-state index in [1.807, 2.05) is 0 Å². The van der Waals surface area contributed by atoms with Crippen molar-refractivity contribution in [3.63, 3.8) is 0 Å². The lowest BCUT2D eigenvalue weighted by molar-refractivity contribution is -0.151. The normalized spacial score (nSPS) is 35.6.